The summed E-state index contributed by atoms with van der Waals surface area (Å²) in [6, 6.07) is 13.7. The number of rotatable bonds is 15. The van der Waals surface area contributed by atoms with Crippen LogP contribution in [0.15, 0.2) is 58.5 Å². The van der Waals surface area contributed by atoms with Crippen molar-refractivity contribution < 1.29 is 23.9 Å². The second-order valence-electron chi connectivity index (χ2n) is 17.8. The molecule has 0 radical (unpaired) electrons. The Morgan fingerprint density at radius 1 is 0.746 bits per heavy atom. The summed E-state index contributed by atoms with van der Waals surface area (Å²) in [4.78, 5) is 52.2. The number of carbonyl (C=O) groups is 3. The molecule has 0 saturated carbocycles. The lowest BCUT2D eigenvalue weighted by atomic mass is 9.94. The zero-order valence-corrected chi connectivity index (χ0v) is 41.9. The number of nitrogens with one attached hydrogen (secondary N) is 2. The van der Waals surface area contributed by atoms with Crippen LogP contribution >= 0.6 is 45.9 Å². The lowest BCUT2D eigenvalue weighted by molar-refractivity contribution is -0.141. The van der Waals surface area contributed by atoms with Crippen molar-refractivity contribution in [1.82, 2.24) is 40.2 Å². The molecular formula is C48H52Cl2N10O5S2. The van der Waals surface area contributed by atoms with Gasteiger partial charge in [0.1, 0.15) is 33.7 Å². The first kappa shape index (κ1) is 47.9. The van der Waals surface area contributed by atoms with Crippen molar-refractivity contribution >= 4 is 75.1 Å². The normalized spacial score (nSPS) is 15.8. The number of carbonyl (C=O) groups excluding carboxylic acids is 3. The molecule has 3 atom stereocenters. The van der Waals surface area contributed by atoms with Gasteiger partial charge in [-0.1, -0.05) is 68.2 Å². The maximum Gasteiger partial charge on any atom is 0.308 e. The molecule has 0 saturated heterocycles. The van der Waals surface area contributed by atoms with Crippen LogP contribution in [0.1, 0.15) is 117 Å². The zero-order chi connectivity index (χ0) is 47.9. The van der Waals surface area contributed by atoms with E-state index in [4.69, 9.17) is 42.7 Å². The molecule has 8 rings (SSSR count). The minimum Gasteiger partial charge on any atom is -0.469 e. The smallest absolute Gasteiger partial charge is 0.308 e. The number of ether oxygens (including phenoxy) is 2. The Hall–Kier alpha value is -5.59. The second kappa shape index (κ2) is 19.6. The molecule has 0 aliphatic carbocycles. The monoisotopic (exact) mass is 982 g/mol. The number of fused-ring (bicyclic) bond motifs is 6. The fourth-order valence-electron chi connectivity index (χ4n) is 8.19. The summed E-state index contributed by atoms with van der Waals surface area (Å²) < 4.78 is 15.1. The summed E-state index contributed by atoms with van der Waals surface area (Å²) in [5, 5.41) is 26.9. The van der Waals surface area contributed by atoms with Crippen LogP contribution in [0, 0.1) is 46.0 Å². The van der Waals surface area contributed by atoms with E-state index in [9.17, 15) is 14.4 Å². The van der Waals surface area contributed by atoms with Gasteiger partial charge in [0.2, 0.25) is 5.91 Å². The fraction of sp³-hybridized carbons (Fsp3) is 0.396. The Bertz CT molecular complexity index is 2930. The summed E-state index contributed by atoms with van der Waals surface area (Å²) in [5.74, 6) is 1.60. The number of esters is 1. The molecule has 350 valence electrons. The largest absolute Gasteiger partial charge is 0.469 e. The number of aryl methyl sites for hydroxylation is 3. The van der Waals surface area contributed by atoms with Gasteiger partial charge >= 0.3 is 5.97 Å². The molecule has 4 aromatic heterocycles. The number of halogens is 2. The third kappa shape index (κ3) is 9.88. The molecule has 67 heavy (non-hydrogen) atoms. The molecule has 2 aromatic carbocycles. The van der Waals surface area contributed by atoms with Gasteiger partial charge < -0.3 is 20.1 Å². The number of aliphatic imine (C=N–C) groups is 2. The van der Waals surface area contributed by atoms with E-state index in [1.807, 2.05) is 87.1 Å². The molecule has 0 spiro atoms. The molecule has 2 amide bonds. The van der Waals surface area contributed by atoms with Crippen LogP contribution in [0.3, 0.4) is 0 Å². The van der Waals surface area contributed by atoms with E-state index in [0.717, 1.165) is 54.9 Å². The van der Waals surface area contributed by atoms with Crippen LogP contribution < -0.4 is 10.6 Å². The second-order valence-corrected chi connectivity index (χ2v) is 20.9. The number of aromatic nitrogens is 6. The minimum absolute atomic E-state index is 0.000896. The van der Waals surface area contributed by atoms with Gasteiger partial charge in [0.15, 0.2) is 11.6 Å². The Morgan fingerprint density at radius 3 is 1.82 bits per heavy atom. The van der Waals surface area contributed by atoms with Gasteiger partial charge in [0, 0.05) is 55.7 Å². The predicted molar refractivity (Wildman–Crippen MR) is 262 cm³/mol. The molecule has 2 N–H and O–H groups in total. The standard InChI is InChI=1S/C48H52Cl2N10O5S2/c1-24(20-51-36(61)18-34-43-57-55-28(5)59(43)46-38(25(2)27(4)66-46)40(53-34)30-10-14-32(49)15-11-30)21-65-23-48(7,8)22-52-45(63)42-26(3)39-41(31-12-16-33(50)17-13-31)54-35(19-37(62)64-9)44-58-56-29(6)60(44)47(39)67-42/h10-17,24,34-35H,18-23H2,1-9H3,(H,51,61)(H,52,63)/t24?,34-,35-/m0/s1. The van der Waals surface area contributed by atoms with Crippen molar-refractivity contribution in [1.29, 1.82) is 0 Å². The van der Waals surface area contributed by atoms with Gasteiger partial charge in [-0.05, 0) is 75.9 Å². The molecule has 2 aliphatic rings. The summed E-state index contributed by atoms with van der Waals surface area (Å²) in [6.07, 6.45) is 0.0448. The molecular weight excluding hydrogens is 932 g/mol. The molecule has 6 heterocycles. The zero-order valence-electron chi connectivity index (χ0n) is 38.8. The molecule has 6 aromatic rings. The molecule has 2 aliphatic heterocycles. The first-order valence-corrected chi connectivity index (χ1v) is 24.3. The lowest BCUT2D eigenvalue weighted by Crippen LogP contribution is -2.37. The lowest BCUT2D eigenvalue weighted by Gasteiger charge is -2.25. The van der Waals surface area contributed by atoms with Crippen molar-refractivity contribution in [2.24, 2.45) is 21.3 Å². The van der Waals surface area contributed by atoms with Crippen molar-refractivity contribution in [2.45, 2.75) is 80.3 Å². The Morgan fingerprint density at radius 2 is 1.27 bits per heavy atom. The van der Waals surface area contributed by atoms with Crippen LogP contribution in [0.2, 0.25) is 10.0 Å². The van der Waals surface area contributed by atoms with Gasteiger partial charge in [-0.3, -0.25) is 33.5 Å². The number of methoxy groups -OCH3 is 1. The van der Waals surface area contributed by atoms with E-state index in [0.29, 0.717) is 64.4 Å². The minimum atomic E-state index is -0.677. The fourth-order valence-corrected chi connectivity index (χ4v) is 10.9. The van der Waals surface area contributed by atoms with Gasteiger partial charge in [0.25, 0.3) is 5.91 Å². The number of hydrogen-bond donors (Lipinski definition) is 2. The van der Waals surface area contributed by atoms with Gasteiger partial charge in [0.05, 0.1) is 49.5 Å². The summed E-state index contributed by atoms with van der Waals surface area (Å²) >= 11 is 15.5. The summed E-state index contributed by atoms with van der Waals surface area (Å²) in [5.41, 5.74) is 6.28. The van der Waals surface area contributed by atoms with Crippen molar-refractivity contribution in [3.05, 3.63) is 125 Å². The van der Waals surface area contributed by atoms with Crippen LogP contribution in [0.4, 0.5) is 0 Å². The predicted octanol–water partition coefficient (Wildman–Crippen LogP) is 8.78. The van der Waals surface area contributed by atoms with Crippen LogP contribution in [-0.4, -0.2) is 92.1 Å². The maximum atomic E-state index is 14.1. The third-order valence-electron chi connectivity index (χ3n) is 11.9. The maximum absolute atomic E-state index is 14.1. The molecule has 0 bridgehead atoms. The highest BCUT2D eigenvalue weighted by molar-refractivity contribution is 7.17. The van der Waals surface area contributed by atoms with E-state index in [2.05, 4.69) is 44.9 Å². The highest BCUT2D eigenvalue weighted by Crippen LogP contribution is 2.42. The van der Waals surface area contributed by atoms with Crippen molar-refractivity contribution in [2.75, 3.05) is 33.4 Å². The molecule has 0 fully saturated rings. The van der Waals surface area contributed by atoms with E-state index in [-0.39, 0.29) is 30.6 Å². The Balaban J connectivity index is 0.900. The number of thiophene rings is 2. The highest BCUT2D eigenvalue weighted by Gasteiger charge is 2.36. The number of hydrogen-bond acceptors (Lipinski definition) is 13. The first-order chi connectivity index (χ1) is 31.9. The van der Waals surface area contributed by atoms with Crippen LogP contribution in [0.25, 0.3) is 10.0 Å². The van der Waals surface area contributed by atoms with Crippen molar-refractivity contribution in [3.63, 3.8) is 0 Å². The van der Waals surface area contributed by atoms with Gasteiger partial charge in [-0.15, -0.1) is 43.1 Å². The molecule has 15 nitrogen and oxygen atoms in total. The first-order valence-electron chi connectivity index (χ1n) is 21.9. The topological polar surface area (TPSA) is 180 Å². The molecule has 1 unspecified atom stereocenters. The Kier molecular flexibility index (Phi) is 14.0. The Labute approximate surface area is 407 Å². The molecule has 19 heteroatoms. The van der Waals surface area contributed by atoms with Crippen LogP contribution in [0.5, 0.6) is 0 Å². The van der Waals surface area contributed by atoms with Gasteiger partial charge in [-0.2, -0.15) is 0 Å². The van der Waals surface area contributed by atoms with E-state index in [1.165, 1.54) is 23.3 Å². The van der Waals surface area contributed by atoms with Gasteiger partial charge in [-0.25, -0.2) is 0 Å². The van der Waals surface area contributed by atoms with E-state index in [1.54, 1.807) is 23.5 Å². The average molecular weight is 984 g/mol. The highest BCUT2D eigenvalue weighted by atomic mass is 35.5. The van der Waals surface area contributed by atoms with Crippen molar-refractivity contribution in [3.8, 4) is 10.0 Å². The average Bonchev–Trinajstić information content (AvgIpc) is 4.00. The number of benzene rings is 2. The number of amides is 2. The summed E-state index contributed by atoms with van der Waals surface area (Å²) in [7, 11) is 1.34. The summed E-state index contributed by atoms with van der Waals surface area (Å²) in [6.45, 7) is 17.4. The third-order valence-corrected chi connectivity index (χ3v) is 14.9. The SMILES string of the molecule is COC(=O)C[C@@H]1N=C(c2ccc(Cl)cc2)c2c(sc(C(=O)NCC(C)(C)COCC(C)CNC(=O)C[C@@H]3N=C(c4ccc(Cl)cc4)c4c(sc(C)c4C)-n4c(C)nnc43)c2C)-n2c(C)nnc21. The van der Waals surface area contributed by atoms with Crippen LogP contribution in [-0.2, 0) is 19.1 Å². The number of nitrogens with zero attached hydrogens (tertiary/aromatic N) is 8. The van der Waals surface area contributed by atoms with E-state index >= 15 is 0 Å². The quantitative estimate of drug-likeness (QED) is 0.0952. The van der Waals surface area contributed by atoms with E-state index < -0.39 is 23.5 Å².